The Morgan fingerprint density at radius 1 is 1.31 bits per heavy atom. The van der Waals surface area contributed by atoms with Crippen LogP contribution in [0.3, 0.4) is 0 Å². The van der Waals surface area contributed by atoms with Crippen LogP contribution in [0.25, 0.3) is 0 Å². The molecular weight excluding hydrogens is 376 g/mol. The summed E-state index contributed by atoms with van der Waals surface area (Å²) >= 11 is 1.56. The van der Waals surface area contributed by atoms with Crippen LogP contribution < -0.4 is 10.1 Å². The zero-order valence-corrected chi connectivity index (χ0v) is 15.4. The van der Waals surface area contributed by atoms with Gasteiger partial charge in [0.1, 0.15) is 5.75 Å². The van der Waals surface area contributed by atoms with Crippen molar-refractivity contribution < 1.29 is 23.1 Å². The standard InChI is InChI=1S/C17H18N2O5S2/c20-8-12-6-19(7-14(12)11-3-4-25-10-11)26(22,23)13-1-2-16-15(5-13)18-17(21)9-24-16/h1-5,10,12,14,20H,6-9H2,(H,18,21). The molecule has 2 N–H and O–H groups in total. The van der Waals surface area contributed by atoms with E-state index >= 15 is 0 Å². The van der Waals surface area contributed by atoms with E-state index in [1.54, 1.807) is 17.4 Å². The van der Waals surface area contributed by atoms with Crippen LogP contribution in [0.5, 0.6) is 5.75 Å². The van der Waals surface area contributed by atoms with Crippen LogP contribution in [-0.2, 0) is 14.8 Å². The number of carbonyl (C=O) groups is 1. The average molecular weight is 394 g/mol. The highest BCUT2D eigenvalue weighted by atomic mass is 32.2. The normalized spacial score (nSPS) is 23.3. The topological polar surface area (TPSA) is 95.9 Å². The molecule has 4 rings (SSSR count). The highest BCUT2D eigenvalue weighted by Crippen LogP contribution is 2.37. The minimum Gasteiger partial charge on any atom is -0.482 e. The van der Waals surface area contributed by atoms with Crippen molar-refractivity contribution in [1.82, 2.24) is 4.31 Å². The number of ether oxygens (including phenoxy) is 1. The van der Waals surface area contributed by atoms with E-state index in [9.17, 15) is 18.3 Å². The molecule has 1 aromatic carbocycles. The van der Waals surface area contributed by atoms with Gasteiger partial charge in [0, 0.05) is 31.5 Å². The lowest BCUT2D eigenvalue weighted by atomic mass is 9.92. The molecule has 2 aliphatic heterocycles. The number of aliphatic hydroxyl groups excluding tert-OH is 1. The molecule has 2 aromatic rings. The summed E-state index contributed by atoms with van der Waals surface area (Å²) in [5, 5.41) is 16.3. The van der Waals surface area contributed by atoms with E-state index in [1.165, 1.54) is 16.4 Å². The highest BCUT2D eigenvalue weighted by molar-refractivity contribution is 7.89. The van der Waals surface area contributed by atoms with Crippen LogP contribution in [0.15, 0.2) is 39.9 Å². The highest BCUT2D eigenvalue weighted by Gasteiger charge is 2.40. The summed E-state index contributed by atoms with van der Waals surface area (Å²) in [4.78, 5) is 11.6. The van der Waals surface area contributed by atoms with Gasteiger partial charge in [-0.15, -0.1) is 0 Å². The lowest BCUT2D eigenvalue weighted by Crippen LogP contribution is -2.30. The maximum absolute atomic E-state index is 13.1. The number of benzene rings is 1. The lowest BCUT2D eigenvalue weighted by Gasteiger charge is -2.21. The molecule has 3 heterocycles. The molecule has 1 saturated heterocycles. The van der Waals surface area contributed by atoms with Crippen LogP contribution in [0.2, 0.25) is 0 Å². The molecule has 9 heteroatoms. The number of rotatable bonds is 4. The van der Waals surface area contributed by atoms with Crippen LogP contribution in [0.1, 0.15) is 11.5 Å². The molecule has 2 atom stereocenters. The van der Waals surface area contributed by atoms with Crippen molar-refractivity contribution >= 4 is 33.0 Å². The zero-order chi connectivity index (χ0) is 18.3. The van der Waals surface area contributed by atoms with Crippen LogP contribution in [0.4, 0.5) is 5.69 Å². The molecule has 0 saturated carbocycles. The fourth-order valence-electron chi connectivity index (χ4n) is 3.45. The van der Waals surface area contributed by atoms with Crippen LogP contribution >= 0.6 is 11.3 Å². The quantitative estimate of drug-likeness (QED) is 0.819. The first kappa shape index (κ1) is 17.5. The summed E-state index contributed by atoms with van der Waals surface area (Å²) in [6.45, 7) is 0.440. The summed E-state index contributed by atoms with van der Waals surface area (Å²) < 4.78 is 32.8. The van der Waals surface area contributed by atoms with Crippen molar-refractivity contribution in [3.8, 4) is 5.75 Å². The predicted octanol–water partition coefficient (Wildman–Crippen LogP) is 1.48. The van der Waals surface area contributed by atoms with E-state index in [4.69, 9.17) is 4.74 Å². The fourth-order valence-corrected chi connectivity index (χ4v) is 5.72. The molecule has 26 heavy (non-hydrogen) atoms. The van der Waals surface area contributed by atoms with Gasteiger partial charge in [-0.3, -0.25) is 4.79 Å². The molecule has 1 fully saturated rings. The minimum atomic E-state index is -3.74. The maximum Gasteiger partial charge on any atom is 0.262 e. The summed E-state index contributed by atoms with van der Waals surface area (Å²) in [6.07, 6.45) is 0. The number of anilines is 1. The van der Waals surface area contributed by atoms with Gasteiger partial charge >= 0.3 is 0 Å². The number of amides is 1. The molecule has 2 unspecified atom stereocenters. The van der Waals surface area contributed by atoms with Gasteiger partial charge in [0.25, 0.3) is 5.91 Å². The molecular formula is C17H18N2O5S2. The number of thiophene rings is 1. The first-order chi connectivity index (χ1) is 12.5. The van der Waals surface area contributed by atoms with E-state index in [0.29, 0.717) is 18.0 Å². The summed E-state index contributed by atoms with van der Waals surface area (Å²) in [7, 11) is -3.74. The first-order valence-corrected chi connectivity index (χ1v) is 10.6. The molecule has 0 bridgehead atoms. The molecule has 0 aliphatic carbocycles. The van der Waals surface area contributed by atoms with E-state index < -0.39 is 10.0 Å². The number of hydrogen-bond acceptors (Lipinski definition) is 6. The second kappa shape index (κ2) is 6.66. The smallest absolute Gasteiger partial charge is 0.262 e. The van der Waals surface area contributed by atoms with Crippen LogP contribution in [0, 0.1) is 5.92 Å². The van der Waals surface area contributed by atoms with Gasteiger partial charge in [-0.05, 0) is 40.6 Å². The maximum atomic E-state index is 13.1. The summed E-state index contributed by atoms with van der Waals surface area (Å²) in [5.74, 6) is -0.0258. The number of nitrogens with zero attached hydrogens (tertiary/aromatic N) is 1. The van der Waals surface area contributed by atoms with Crippen molar-refractivity contribution in [2.24, 2.45) is 5.92 Å². The van der Waals surface area contributed by atoms with Crippen molar-refractivity contribution in [3.63, 3.8) is 0 Å². The Bertz CT molecular complexity index is 927. The van der Waals surface area contributed by atoms with Gasteiger partial charge in [-0.25, -0.2) is 8.42 Å². The second-order valence-corrected chi connectivity index (χ2v) is 9.14. The largest absolute Gasteiger partial charge is 0.482 e. The average Bonchev–Trinajstić information content (AvgIpc) is 3.30. The molecule has 138 valence electrons. The molecule has 0 spiro atoms. The van der Waals surface area contributed by atoms with E-state index in [2.05, 4.69) is 5.32 Å². The number of aliphatic hydroxyl groups is 1. The van der Waals surface area contributed by atoms with Crippen molar-refractivity contribution in [2.45, 2.75) is 10.8 Å². The van der Waals surface area contributed by atoms with Gasteiger partial charge in [0.15, 0.2) is 6.61 Å². The Labute approximate surface area is 155 Å². The Hall–Kier alpha value is -1.94. The van der Waals surface area contributed by atoms with Gasteiger partial charge in [-0.1, -0.05) is 0 Å². The predicted molar refractivity (Wildman–Crippen MR) is 97.0 cm³/mol. The van der Waals surface area contributed by atoms with Gasteiger partial charge in [0.2, 0.25) is 10.0 Å². The van der Waals surface area contributed by atoms with Gasteiger partial charge in [-0.2, -0.15) is 15.6 Å². The van der Waals surface area contributed by atoms with Gasteiger partial charge in [0.05, 0.1) is 10.6 Å². The molecule has 7 nitrogen and oxygen atoms in total. The monoisotopic (exact) mass is 394 g/mol. The third kappa shape index (κ3) is 3.01. The third-order valence-electron chi connectivity index (χ3n) is 4.84. The zero-order valence-electron chi connectivity index (χ0n) is 13.8. The second-order valence-electron chi connectivity index (χ2n) is 6.42. The number of nitrogens with one attached hydrogen (secondary N) is 1. The Morgan fingerprint density at radius 3 is 2.88 bits per heavy atom. The molecule has 0 radical (unpaired) electrons. The van der Waals surface area contributed by atoms with E-state index in [0.717, 1.165) is 5.56 Å². The van der Waals surface area contributed by atoms with Crippen molar-refractivity contribution in [2.75, 3.05) is 31.6 Å². The minimum absolute atomic E-state index is 0.0262. The number of carbonyl (C=O) groups excluding carboxylic acids is 1. The van der Waals surface area contributed by atoms with E-state index in [1.807, 2.05) is 16.8 Å². The van der Waals surface area contributed by atoms with Crippen molar-refractivity contribution in [1.29, 1.82) is 0 Å². The fraction of sp³-hybridized carbons (Fsp3) is 0.353. The van der Waals surface area contributed by atoms with E-state index in [-0.39, 0.29) is 42.4 Å². The SMILES string of the molecule is O=C1COc2ccc(S(=O)(=O)N3CC(CO)C(c4ccsc4)C3)cc2N1. The number of fused-ring (bicyclic) bond motifs is 1. The number of sulfonamides is 1. The Balaban J connectivity index is 1.63. The Kier molecular flexibility index (Phi) is 4.47. The van der Waals surface area contributed by atoms with Crippen molar-refractivity contribution in [3.05, 3.63) is 40.6 Å². The number of hydrogen-bond donors (Lipinski definition) is 2. The molecule has 1 amide bonds. The third-order valence-corrected chi connectivity index (χ3v) is 7.36. The van der Waals surface area contributed by atoms with Crippen LogP contribution in [-0.4, -0.2) is 50.0 Å². The van der Waals surface area contributed by atoms with Gasteiger partial charge < -0.3 is 15.2 Å². The summed E-state index contributed by atoms with van der Waals surface area (Å²) in [5.41, 5.74) is 1.41. The molecule has 1 aromatic heterocycles. The lowest BCUT2D eigenvalue weighted by molar-refractivity contribution is -0.118. The Morgan fingerprint density at radius 2 is 2.15 bits per heavy atom. The first-order valence-electron chi connectivity index (χ1n) is 8.19. The summed E-state index contributed by atoms with van der Waals surface area (Å²) in [6, 6.07) is 6.43. The molecule has 2 aliphatic rings.